The summed E-state index contributed by atoms with van der Waals surface area (Å²) in [5.74, 6) is 1.67. The molecule has 148 valence electrons. The number of H-pyrrole nitrogens is 1. The van der Waals surface area contributed by atoms with E-state index in [9.17, 15) is 22.0 Å². The molecule has 2 aromatic carbocycles. The molecule has 8 nitrogen and oxygen atoms in total. The zero-order valence-electron chi connectivity index (χ0n) is 14.6. The Kier molecular flexibility index (Phi) is 5.29. The first-order chi connectivity index (χ1) is 13.6. The average molecular weight is 419 g/mol. The zero-order chi connectivity index (χ0) is 21.2. The summed E-state index contributed by atoms with van der Waals surface area (Å²) < 4.78 is 56.2. The number of carboxylic acids is 1. The Hall–Kier alpha value is -3.78. The van der Waals surface area contributed by atoms with Crippen molar-refractivity contribution in [3.8, 4) is 23.5 Å². The minimum absolute atomic E-state index is 0.0230. The van der Waals surface area contributed by atoms with Crippen molar-refractivity contribution in [3.05, 3.63) is 64.9 Å². The fourth-order valence-corrected chi connectivity index (χ4v) is 2.96. The van der Waals surface area contributed by atoms with Crippen molar-refractivity contribution in [2.75, 3.05) is 6.26 Å². The monoisotopic (exact) mass is 419 g/mol. The highest BCUT2D eigenvalue weighted by atomic mass is 32.2. The molecule has 0 aliphatic heterocycles. The maximum Gasteiger partial charge on any atom is 0.362 e. The topological polar surface area (TPSA) is 122 Å². The molecule has 0 amide bonds. The third-order valence-electron chi connectivity index (χ3n) is 3.55. The third kappa shape index (κ3) is 4.56. The molecule has 0 unspecified atom stereocenters. The largest absolute Gasteiger partial charge is 0.476 e. The van der Waals surface area contributed by atoms with Crippen LogP contribution in [0.2, 0.25) is 0 Å². The molecule has 0 aliphatic carbocycles. The van der Waals surface area contributed by atoms with E-state index in [-0.39, 0.29) is 22.8 Å². The lowest BCUT2D eigenvalue weighted by molar-refractivity contribution is 0.0687. The molecule has 3 rings (SSSR count). The SMILES string of the molecule is CS(=O)(=O)c1ccc(C#Cc2ccc(Oc3[nH]nnc3C(=O)O)cc2F)cc1F. The molecule has 1 heterocycles. The van der Waals surface area contributed by atoms with Gasteiger partial charge in [0.1, 0.15) is 22.3 Å². The van der Waals surface area contributed by atoms with Crippen molar-refractivity contribution >= 4 is 15.8 Å². The van der Waals surface area contributed by atoms with Gasteiger partial charge in [-0.3, -0.25) is 0 Å². The smallest absolute Gasteiger partial charge is 0.362 e. The molecule has 29 heavy (non-hydrogen) atoms. The second-order valence-corrected chi connectivity index (χ2v) is 7.69. The first-order valence-electron chi connectivity index (χ1n) is 7.78. The van der Waals surface area contributed by atoms with Gasteiger partial charge in [-0.2, -0.15) is 0 Å². The number of nitrogens with one attached hydrogen (secondary N) is 1. The molecule has 1 aromatic heterocycles. The number of aromatic nitrogens is 3. The van der Waals surface area contributed by atoms with Crippen molar-refractivity contribution in [1.82, 2.24) is 15.4 Å². The lowest BCUT2D eigenvalue weighted by atomic mass is 10.1. The summed E-state index contributed by atoms with van der Waals surface area (Å²) in [7, 11) is -3.70. The summed E-state index contributed by atoms with van der Waals surface area (Å²) in [5.41, 5.74) is -0.343. The number of sulfone groups is 1. The quantitative estimate of drug-likeness (QED) is 0.623. The van der Waals surface area contributed by atoms with Gasteiger partial charge in [-0.15, -0.1) is 5.10 Å². The van der Waals surface area contributed by atoms with Crippen molar-refractivity contribution in [3.63, 3.8) is 0 Å². The first-order valence-corrected chi connectivity index (χ1v) is 9.67. The van der Waals surface area contributed by atoms with E-state index >= 15 is 0 Å². The van der Waals surface area contributed by atoms with Crippen LogP contribution in [0.5, 0.6) is 11.6 Å². The van der Waals surface area contributed by atoms with Crippen LogP contribution in [0, 0.1) is 23.5 Å². The Labute approximate surface area is 163 Å². The van der Waals surface area contributed by atoms with Crippen LogP contribution < -0.4 is 4.74 Å². The maximum absolute atomic E-state index is 14.2. The van der Waals surface area contributed by atoms with Gasteiger partial charge in [0.05, 0.1) is 5.56 Å². The van der Waals surface area contributed by atoms with Crippen molar-refractivity contribution < 1.29 is 31.8 Å². The van der Waals surface area contributed by atoms with E-state index < -0.39 is 38.0 Å². The molecule has 0 fully saturated rings. The van der Waals surface area contributed by atoms with Gasteiger partial charge in [0, 0.05) is 17.9 Å². The number of halogens is 2. The van der Waals surface area contributed by atoms with Gasteiger partial charge >= 0.3 is 5.97 Å². The lowest BCUT2D eigenvalue weighted by Crippen LogP contribution is -2.00. The van der Waals surface area contributed by atoms with E-state index in [1.54, 1.807) is 0 Å². The molecule has 0 spiro atoms. The number of carboxylic acid groups (broad SMARTS) is 1. The van der Waals surface area contributed by atoms with Crippen LogP contribution in [-0.4, -0.2) is 41.2 Å². The molecule has 3 aromatic rings. The minimum Gasteiger partial charge on any atom is -0.476 e. The number of hydrogen-bond acceptors (Lipinski definition) is 6. The van der Waals surface area contributed by atoms with Gasteiger partial charge in [0.15, 0.2) is 9.84 Å². The summed E-state index contributed by atoms with van der Waals surface area (Å²) in [6.45, 7) is 0. The number of hydrogen-bond donors (Lipinski definition) is 2. The highest BCUT2D eigenvalue weighted by Crippen LogP contribution is 2.23. The second kappa shape index (κ2) is 7.69. The van der Waals surface area contributed by atoms with Gasteiger partial charge in [-0.05, 0) is 30.3 Å². The van der Waals surface area contributed by atoms with Crippen molar-refractivity contribution in [1.29, 1.82) is 0 Å². The van der Waals surface area contributed by atoms with Gasteiger partial charge in [0.2, 0.25) is 5.69 Å². The molecule has 11 heteroatoms. The van der Waals surface area contributed by atoms with Gasteiger partial charge in [-0.1, -0.05) is 17.1 Å². The number of nitrogens with zero attached hydrogens (tertiary/aromatic N) is 2. The van der Waals surface area contributed by atoms with E-state index in [1.807, 2.05) is 0 Å². The number of benzene rings is 2. The predicted octanol–water partition coefficient (Wildman–Crippen LogP) is 2.38. The maximum atomic E-state index is 14.2. The average Bonchev–Trinajstić information content (AvgIpc) is 3.08. The predicted molar refractivity (Wildman–Crippen MR) is 95.3 cm³/mol. The normalized spacial score (nSPS) is 10.9. The fourth-order valence-electron chi connectivity index (χ4n) is 2.23. The summed E-state index contributed by atoms with van der Waals surface area (Å²) in [6, 6.07) is 6.93. The molecule has 0 atom stereocenters. The van der Waals surface area contributed by atoms with Crippen LogP contribution >= 0.6 is 0 Å². The molecule has 0 saturated carbocycles. The van der Waals surface area contributed by atoms with Crippen molar-refractivity contribution in [2.24, 2.45) is 0 Å². The number of carbonyl (C=O) groups is 1. The van der Waals surface area contributed by atoms with Crippen LogP contribution in [0.4, 0.5) is 8.78 Å². The molecule has 0 bridgehead atoms. The Morgan fingerprint density at radius 1 is 1.14 bits per heavy atom. The minimum atomic E-state index is -3.70. The third-order valence-corrected chi connectivity index (χ3v) is 4.68. The van der Waals surface area contributed by atoms with Gasteiger partial charge in [0.25, 0.3) is 5.88 Å². The van der Waals surface area contributed by atoms with Crippen LogP contribution in [0.1, 0.15) is 21.6 Å². The molecule has 0 saturated heterocycles. The molecular weight excluding hydrogens is 408 g/mol. The highest BCUT2D eigenvalue weighted by Gasteiger charge is 2.17. The molecule has 0 radical (unpaired) electrons. The Morgan fingerprint density at radius 3 is 2.52 bits per heavy atom. The molecular formula is C18H11F2N3O5S. The zero-order valence-corrected chi connectivity index (χ0v) is 15.4. The highest BCUT2D eigenvalue weighted by molar-refractivity contribution is 7.90. The van der Waals surface area contributed by atoms with Crippen molar-refractivity contribution in [2.45, 2.75) is 4.90 Å². The van der Waals surface area contributed by atoms with E-state index in [4.69, 9.17) is 9.84 Å². The second-order valence-electron chi connectivity index (χ2n) is 5.71. The van der Waals surface area contributed by atoms with E-state index in [2.05, 4.69) is 27.3 Å². The number of aromatic amines is 1. The van der Waals surface area contributed by atoms with Crippen LogP contribution in [0.25, 0.3) is 0 Å². The molecule has 2 N–H and O–H groups in total. The standard InChI is InChI=1S/C18H11F2N3O5S/c1-29(26,27)15-7-3-10(8-14(15)20)2-4-11-5-6-12(9-13(11)19)28-17-16(18(24)25)21-23-22-17/h3,5-9H,1H3,(H,24,25)(H,21,22,23). The summed E-state index contributed by atoms with van der Waals surface area (Å²) >= 11 is 0. The van der Waals surface area contributed by atoms with Gasteiger partial charge < -0.3 is 9.84 Å². The van der Waals surface area contributed by atoms with Crippen LogP contribution in [-0.2, 0) is 9.84 Å². The van der Waals surface area contributed by atoms with Crippen LogP contribution in [0.3, 0.4) is 0 Å². The van der Waals surface area contributed by atoms with Gasteiger partial charge in [-0.25, -0.2) is 27.1 Å². The first kappa shape index (κ1) is 20.0. The van der Waals surface area contributed by atoms with E-state index in [0.717, 1.165) is 24.5 Å². The number of aromatic carboxylic acids is 1. The Bertz CT molecular complexity index is 1280. The molecule has 0 aliphatic rings. The Morgan fingerprint density at radius 2 is 1.90 bits per heavy atom. The van der Waals surface area contributed by atoms with E-state index in [0.29, 0.717) is 0 Å². The number of rotatable bonds is 4. The number of ether oxygens (including phenoxy) is 1. The lowest BCUT2D eigenvalue weighted by Gasteiger charge is -2.04. The fraction of sp³-hybridized carbons (Fsp3) is 0.0556. The summed E-state index contributed by atoms with van der Waals surface area (Å²) in [6.07, 6.45) is 0.883. The Balaban J connectivity index is 1.83. The van der Waals surface area contributed by atoms with Crippen LogP contribution in [0.15, 0.2) is 41.3 Å². The summed E-state index contributed by atoms with van der Waals surface area (Å²) in [4.78, 5) is 10.5. The summed E-state index contributed by atoms with van der Waals surface area (Å²) in [5, 5.41) is 17.8. The van der Waals surface area contributed by atoms with E-state index in [1.165, 1.54) is 18.2 Å².